The highest BCUT2D eigenvalue weighted by atomic mass is 32.2. The second-order valence-corrected chi connectivity index (χ2v) is 8.58. The SMILES string of the molecule is CC1Oc2ccccc2OC1C(=O)N1CCS(=O)C(C)(C)C1. The average Bonchev–Trinajstić information content (AvgIpc) is 2.48. The van der Waals surface area contributed by atoms with Crippen LogP contribution in [0, 0.1) is 0 Å². The van der Waals surface area contributed by atoms with Gasteiger partial charge in [0.1, 0.15) is 6.10 Å². The normalized spacial score (nSPS) is 30.0. The van der Waals surface area contributed by atoms with Crippen LogP contribution in [0.3, 0.4) is 0 Å². The first-order chi connectivity index (χ1) is 10.4. The molecule has 3 atom stereocenters. The maximum Gasteiger partial charge on any atom is 0.267 e. The van der Waals surface area contributed by atoms with Crippen molar-refractivity contribution >= 4 is 16.7 Å². The molecule has 0 bridgehead atoms. The van der Waals surface area contributed by atoms with Crippen LogP contribution in [0.4, 0.5) is 0 Å². The smallest absolute Gasteiger partial charge is 0.267 e. The van der Waals surface area contributed by atoms with Crippen LogP contribution in [0.2, 0.25) is 0 Å². The van der Waals surface area contributed by atoms with Crippen LogP contribution in [0.15, 0.2) is 24.3 Å². The van der Waals surface area contributed by atoms with E-state index in [-0.39, 0.29) is 16.8 Å². The minimum atomic E-state index is -0.904. The van der Waals surface area contributed by atoms with Gasteiger partial charge in [0.15, 0.2) is 11.5 Å². The molecule has 1 aromatic carbocycles. The van der Waals surface area contributed by atoms with Crippen molar-refractivity contribution in [3.05, 3.63) is 24.3 Å². The lowest BCUT2D eigenvalue weighted by Gasteiger charge is -2.40. The largest absolute Gasteiger partial charge is 0.482 e. The van der Waals surface area contributed by atoms with Gasteiger partial charge in [0, 0.05) is 29.6 Å². The third-order valence-electron chi connectivity index (χ3n) is 4.13. The third-order valence-corrected chi connectivity index (χ3v) is 6.05. The van der Waals surface area contributed by atoms with Crippen LogP contribution in [0.5, 0.6) is 11.5 Å². The van der Waals surface area contributed by atoms with E-state index in [1.165, 1.54) is 0 Å². The van der Waals surface area contributed by atoms with Crippen molar-refractivity contribution in [1.82, 2.24) is 4.90 Å². The molecule has 2 aliphatic rings. The number of ether oxygens (including phenoxy) is 2. The van der Waals surface area contributed by atoms with Gasteiger partial charge < -0.3 is 14.4 Å². The van der Waals surface area contributed by atoms with Crippen LogP contribution in [-0.2, 0) is 15.6 Å². The Kier molecular flexibility index (Phi) is 3.89. The number of fused-ring (bicyclic) bond motifs is 1. The van der Waals surface area contributed by atoms with E-state index >= 15 is 0 Å². The van der Waals surface area contributed by atoms with Crippen molar-refractivity contribution in [3.63, 3.8) is 0 Å². The van der Waals surface area contributed by atoms with E-state index in [1.54, 1.807) is 11.0 Å². The molecule has 5 nitrogen and oxygen atoms in total. The van der Waals surface area contributed by atoms with Gasteiger partial charge in [0.2, 0.25) is 6.10 Å². The lowest BCUT2D eigenvalue weighted by Crippen LogP contribution is -2.58. The van der Waals surface area contributed by atoms with E-state index in [0.29, 0.717) is 30.3 Å². The molecule has 1 saturated heterocycles. The van der Waals surface area contributed by atoms with E-state index in [9.17, 15) is 9.00 Å². The standard InChI is InChI=1S/C16H21NO4S/c1-11-14(21-13-7-5-4-6-12(13)20-11)15(18)17-8-9-22(19)16(2,3)10-17/h4-7,11,14H,8-10H2,1-3H3. The molecule has 120 valence electrons. The van der Waals surface area contributed by atoms with E-state index in [4.69, 9.17) is 9.47 Å². The zero-order chi connectivity index (χ0) is 15.9. The monoisotopic (exact) mass is 323 g/mol. The summed E-state index contributed by atoms with van der Waals surface area (Å²) in [6.45, 7) is 6.68. The molecule has 0 radical (unpaired) electrons. The number of hydrogen-bond acceptors (Lipinski definition) is 4. The Labute approximate surface area is 133 Å². The van der Waals surface area contributed by atoms with Crippen molar-refractivity contribution in [3.8, 4) is 11.5 Å². The van der Waals surface area contributed by atoms with Crippen LogP contribution in [0.25, 0.3) is 0 Å². The van der Waals surface area contributed by atoms with E-state index in [2.05, 4.69) is 0 Å². The van der Waals surface area contributed by atoms with Gasteiger partial charge in [-0.2, -0.15) is 0 Å². The summed E-state index contributed by atoms with van der Waals surface area (Å²) in [7, 11) is -0.904. The molecule has 0 aliphatic carbocycles. The predicted molar refractivity (Wildman–Crippen MR) is 84.6 cm³/mol. The molecule has 22 heavy (non-hydrogen) atoms. The Balaban J connectivity index is 1.77. The van der Waals surface area contributed by atoms with Gasteiger partial charge in [-0.25, -0.2) is 0 Å². The van der Waals surface area contributed by atoms with Gasteiger partial charge in [-0.3, -0.25) is 9.00 Å². The number of para-hydroxylation sites is 2. The van der Waals surface area contributed by atoms with Gasteiger partial charge in [-0.05, 0) is 32.9 Å². The molecule has 0 saturated carbocycles. The van der Waals surface area contributed by atoms with E-state index < -0.39 is 16.9 Å². The van der Waals surface area contributed by atoms with Gasteiger partial charge in [0.05, 0.1) is 4.75 Å². The Hall–Kier alpha value is -1.56. The topological polar surface area (TPSA) is 55.8 Å². The Morgan fingerprint density at radius 3 is 2.55 bits per heavy atom. The van der Waals surface area contributed by atoms with E-state index in [1.807, 2.05) is 39.0 Å². The molecule has 2 aliphatic heterocycles. The molecule has 0 spiro atoms. The summed E-state index contributed by atoms with van der Waals surface area (Å²) in [6.07, 6.45) is -1.00. The number of hydrogen-bond donors (Lipinski definition) is 0. The molecule has 1 aromatic rings. The summed E-state index contributed by atoms with van der Waals surface area (Å²) in [5.74, 6) is 1.68. The number of benzene rings is 1. The average molecular weight is 323 g/mol. The molecule has 6 heteroatoms. The minimum Gasteiger partial charge on any atom is -0.482 e. The molecular formula is C16H21NO4S. The number of rotatable bonds is 1. The molecule has 3 unspecified atom stereocenters. The summed E-state index contributed by atoms with van der Waals surface area (Å²) >= 11 is 0. The summed E-state index contributed by atoms with van der Waals surface area (Å²) in [4.78, 5) is 14.5. The second kappa shape index (κ2) is 5.57. The maximum atomic E-state index is 12.8. The zero-order valence-electron chi connectivity index (χ0n) is 13.1. The number of carbonyl (C=O) groups is 1. The number of amides is 1. The lowest BCUT2D eigenvalue weighted by atomic mass is 10.1. The minimum absolute atomic E-state index is 0.0909. The van der Waals surface area contributed by atoms with Gasteiger partial charge in [0.25, 0.3) is 5.91 Å². The Morgan fingerprint density at radius 1 is 1.27 bits per heavy atom. The summed E-state index contributed by atoms with van der Waals surface area (Å²) < 4.78 is 23.3. The van der Waals surface area contributed by atoms with E-state index in [0.717, 1.165) is 0 Å². The summed E-state index contributed by atoms with van der Waals surface area (Å²) in [5, 5.41) is 0. The first-order valence-corrected chi connectivity index (χ1v) is 8.80. The third kappa shape index (κ3) is 2.72. The van der Waals surface area contributed by atoms with Crippen LogP contribution in [0.1, 0.15) is 20.8 Å². The fourth-order valence-electron chi connectivity index (χ4n) is 2.84. The summed E-state index contributed by atoms with van der Waals surface area (Å²) in [6, 6.07) is 7.36. The van der Waals surface area contributed by atoms with Crippen LogP contribution < -0.4 is 9.47 Å². The van der Waals surface area contributed by atoms with Crippen molar-refractivity contribution in [2.75, 3.05) is 18.8 Å². The van der Waals surface area contributed by atoms with Crippen LogP contribution in [-0.4, -0.2) is 50.8 Å². The molecule has 3 rings (SSSR count). The lowest BCUT2D eigenvalue weighted by molar-refractivity contribution is -0.144. The highest BCUT2D eigenvalue weighted by Crippen LogP contribution is 2.34. The number of nitrogens with zero attached hydrogens (tertiary/aromatic N) is 1. The van der Waals surface area contributed by atoms with Gasteiger partial charge in [-0.1, -0.05) is 12.1 Å². The molecule has 0 N–H and O–H groups in total. The Bertz CT molecular complexity index is 616. The molecule has 0 aromatic heterocycles. The van der Waals surface area contributed by atoms with Crippen molar-refractivity contribution in [2.45, 2.75) is 37.7 Å². The molecule has 1 fully saturated rings. The highest BCUT2D eigenvalue weighted by molar-refractivity contribution is 7.86. The molecule has 1 amide bonds. The second-order valence-electron chi connectivity index (χ2n) is 6.38. The fourth-order valence-corrected chi connectivity index (χ4v) is 4.08. The number of carbonyl (C=O) groups excluding carboxylic acids is 1. The molecular weight excluding hydrogens is 302 g/mol. The van der Waals surface area contributed by atoms with Crippen molar-refractivity contribution in [2.24, 2.45) is 0 Å². The van der Waals surface area contributed by atoms with Crippen molar-refractivity contribution < 1.29 is 18.5 Å². The van der Waals surface area contributed by atoms with Crippen LogP contribution >= 0.6 is 0 Å². The summed E-state index contributed by atoms with van der Waals surface area (Å²) in [5.41, 5.74) is 0. The van der Waals surface area contributed by atoms with Gasteiger partial charge in [-0.15, -0.1) is 0 Å². The van der Waals surface area contributed by atoms with Crippen molar-refractivity contribution in [1.29, 1.82) is 0 Å². The maximum absolute atomic E-state index is 12.8. The van der Waals surface area contributed by atoms with Gasteiger partial charge >= 0.3 is 0 Å². The predicted octanol–water partition coefficient (Wildman–Crippen LogP) is 1.58. The zero-order valence-corrected chi connectivity index (χ0v) is 13.9. The quantitative estimate of drug-likeness (QED) is 0.787. The first kappa shape index (κ1) is 15.3. The Morgan fingerprint density at radius 2 is 1.91 bits per heavy atom. The highest BCUT2D eigenvalue weighted by Gasteiger charge is 2.41. The fraction of sp³-hybridized carbons (Fsp3) is 0.562. The molecule has 2 heterocycles. The first-order valence-electron chi connectivity index (χ1n) is 7.48.